The quantitative estimate of drug-likeness (QED) is 0.227. The molecule has 4 nitrogen and oxygen atoms in total. The lowest BCUT2D eigenvalue weighted by Gasteiger charge is -2.43. The van der Waals surface area contributed by atoms with Gasteiger partial charge in [-0.1, -0.05) is 36.4 Å². The molecule has 0 heterocycles. The fraction of sp³-hybridized carbons (Fsp3) is 0.636. The fourth-order valence-electron chi connectivity index (χ4n) is 3.18. The summed E-state index contributed by atoms with van der Waals surface area (Å²) in [5, 5.41) is 0. The van der Waals surface area contributed by atoms with Crippen molar-refractivity contribution < 1.29 is 17.1 Å². The third kappa shape index (κ3) is 11.9. The second kappa shape index (κ2) is 11.0. The van der Waals surface area contributed by atoms with E-state index in [-0.39, 0.29) is 0 Å². The van der Waals surface area contributed by atoms with E-state index >= 15 is 0 Å². The molecule has 0 saturated carbocycles. The Bertz CT molecular complexity index is 647. The Morgan fingerprint density at radius 3 is 1.60 bits per heavy atom. The molecule has 0 fully saturated rings. The van der Waals surface area contributed by atoms with Crippen LogP contribution < -0.4 is 0 Å². The molecule has 172 valence electrons. The molecule has 0 N–H and O–H groups in total. The van der Waals surface area contributed by atoms with Crippen LogP contribution in [0.1, 0.15) is 18.1 Å². The van der Waals surface area contributed by atoms with E-state index in [9.17, 15) is 0 Å². The minimum Gasteiger partial charge on any atom is -0.417 e. The van der Waals surface area contributed by atoms with E-state index in [4.69, 9.17) is 17.1 Å². The Kier molecular flexibility index (Phi) is 10.2. The standard InChI is InChI=1S/C22H44O4Si4/c1-20(2)18-23-19-22-15-13-12-14-21(22)16-17-30(24-27(3,4)5,25-28(6,7)8)26-29(9,10)11/h12-15H,1,16-19H2,2-11H3. The molecule has 1 aromatic carbocycles. The van der Waals surface area contributed by atoms with Gasteiger partial charge in [0.25, 0.3) is 0 Å². The minimum absolute atomic E-state index is 0.587. The molecule has 0 saturated heterocycles. The van der Waals surface area contributed by atoms with Gasteiger partial charge in [-0.25, -0.2) is 0 Å². The maximum atomic E-state index is 6.81. The van der Waals surface area contributed by atoms with Gasteiger partial charge < -0.3 is 17.1 Å². The van der Waals surface area contributed by atoms with Crippen LogP contribution >= 0.6 is 0 Å². The Balaban J connectivity index is 3.16. The van der Waals surface area contributed by atoms with E-state index in [1.54, 1.807) is 0 Å². The molecule has 0 radical (unpaired) electrons. The number of aryl methyl sites for hydroxylation is 1. The first-order valence-corrected chi connectivity index (χ1v) is 23.1. The lowest BCUT2D eigenvalue weighted by molar-refractivity contribution is 0.142. The molecule has 8 heteroatoms. The van der Waals surface area contributed by atoms with Crippen molar-refractivity contribution in [1.29, 1.82) is 0 Å². The SMILES string of the molecule is C=C(C)COCc1ccccc1CC[Si](O[Si](C)(C)C)(O[Si](C)(C)C)O[Si](C)(C)C. The average molecular weight is 485 g/mol. The van der Waals surface area contributed by atoms with E-state index in [2.05, 4.69) is 89.8 Å². The van der Waals surface area contributed by atoms with Crippen LogP contribution in [0, 0.1) is 0 Å². The van der Waals surface area contributed by atoms with Gasteiger partial charge in [0.2, 0.25) is 0 Å². The highest BCUT2D eigenvalue weighted by atomic mass is 28.5. The zero-order valence-electron chi connectivity index (χ0n) is 21.0. The van der Waals surface area contributed by atoms with Crippen molar-refractivity contribution in [3.8, 4) is 0 Å². The van der Waals surface area contributed by atoms with Gasteiger partial charge in [0, 0.05) is 6.04 Å². The summed E-state index contributed by atoms with van der Waals surface area (Å²) in [5.74, 6) is 0. The van der Waals surface area contributed by atoms with Crippen molar-refractivity contribution in [3.05, 3.63) is 47.5 Å². The van der Waals surface area contributed by atoms with Gasteiger partial charge >= 0.3 is 8.80 Å². The van der Waals surface area contributed by atoms with Crippen LogP contribution in [0.25, 0.3) is 0 Å². The fourth-order valence-corrected chi connectivity index (χ4v) is 17.8. The first-order chi connectivity index (χ1) is 13.5. The van der Waals surface area contributed by atoms with Crippen LogP contribution in [-0.2, 0) is 30.1 Å². The highest BCUT2D eigenvalue weighted by molar-refractivity contribution is 6.90. The Morgan fingerprint density at radius 2 is 1.20 bits per heavy atom. The molecule has 0 aliphatic heterocycles. The van der Waals surface area contributed by atoms with E-state index in [1.165, 1.54) is 11.1 Å². The first kappa shape index (κ1) is 27.7. The minimum atomic E-state index is -2.83. The van der Waals surface area contributed by atoms with Crippen LogP contribution in [-0.4, -0.2) is 40.4 Å². The van der Waals surface area contributed by atoms with Gasteiger partial charge in [-0.3, -0.25) is 0 Å². The Morgan fingerprint density at radius 1 is 0.767 bits per heavy atom. The Hall–Kier alpha value is -0.332. The number of rotatable bonds is 13. The molecule has 0 unspecified atom stereocenters. The molecule has 0 aliphatic carbocycles. The molecule has 30 heavy (non-hydrogen) atoms. The van der Waals surface area contributed by atoms with Gasteiger partial charge in [0.15, 0.2) is 25.0 Å². The second-order valence-corrected chi connectivity index (χ2v) is 28.0. The van der Waals surface area contributed by atoms with Crippen LogP contribution in [0.2, 0.25) is 65.0 Å². The summed E-state index contributed by atoms with van der Waals surface area (Å²) >= 11 is 0. The predicted octanol–water partition coefficient (Wildman–Crippen LogP) is 6.82. The highest BCUT2D eigenvalue weighted by Gasteiger charge is 2.49. The molecule has 1 aromatic rings. The van der Waals surface area contributed by atoms with Gasteiger partial charge in [0.05, 0.1) is 13.2 Å². The molecular weight excluding hydrogens is 441 g/mol. The summed E-state index contributed by atoms with van der Waals surface area (Å²) in [5.41, 5.74) is 3.54. The molecule has 1 rings (SSSR count). The summed E-state index contributed by atoms with van der Waals surface area (Å²) < 4.78 is 26.3. The van der Waals surface area contributed by atoms with Gasteiger partial charge in [-0.2, -0.15) is 0 Å². The normalized spacial score (nSPS) is 13.5. The molecule has 0 spiro atoms. The van der Waals surface area contributed by atoms with Gasteiger partial charge in [-0.15, -0.1) is 0 Å². The summed E-state index contributed by atoms with van der Waals surface area (Å²) in [4.78, 5) is 0. The lowest BCUT2D eigenvalue weighted by Crippen LogP contribution is -2.60. The van der Waals surface area contributed by atoms with Gasteiger partial charge in [0.1, 0.15) is 0 Å². The predicted molar refractivity (Wildman–Crippen MR) is 138 cm³/mol. The van der Waals surface area contributed by atoms with E-state index in [0.29, 0.717) is 13.2 Å². The summed E-state index contributed by atoms with van der Waals surface area (Å²) in [6.07, 6.45) is 0.873. The van der Waals surface area contributed by atoms with Crippen molar-refractivity contribution in [2.75, 3.05) is 6.61 Å². The van der Waals surface area contributed by atoms with E-state index in [0.717, 1.165) is 18.0 Å². The number of benzene rings is 1. The van der Waals surface area contributed by atoms with Crippen LogP contribution in [0.3, 0.4) is 0 Å². The average Bonchev–Trinajstić information content (AvgIpc) is 2.48. The summed E-state index contributed by atoms with van der Waals surface area (Å²) in [7, 11) is -8.39. The van der Waals surface area contributed by atoms with Crippen LogP contribution in [0.15, 0.2) is 36.4 Å². The highest BCUT2D eigenvalue weighted by Crippen LogP contribution is 2.30. The monoisotopic (exact) mass is 484 g/mol. The molecular formula is C22H44O4Si4. The number of ether oxygens (including phenoxy) is 1. The number of hydrogen-bond donors (Lipinski definition) is 0. The topological polar surface area (TPSA) is 36.9 Å². The molecule has 0 aliphatic rings. The summed E-state index contributed by atoms with van der Waals surface area (Å²) in [6, 6.07) is 9.32. The maximum absolute atomic E-state index is 6.81. The smallest absolute Gasteiger partial charge is 0.417 e. The zero-order chi connectivity index (χ0) is 23.2. The van der Waals surface area contributed by atoms with Gasteiger partial charge in [-0.05, 0) is 83.4 Å². The second-order valence-electron chi connectivity index (χ2n) is 11.0. The maximum Gasteiger partial charge on any atom is 0.469 e. The lowest BCUT2D eigenvalue weighted by atomic mass is 10.1. The van der Waals surface area contributed by atoms with Crippen LogP contribution in [0.5, 0.6) is 0 Å². The third-order valence-corrected chi connectivity index (χ3v) is 15.8. The molecule has 0 aromatic heterocycles. The van der Waals surface area contributed by atoms with E-state index < -0.39 is 33.8 Å². The van der Waals surface area contributed by atoms with E-state index in [1.807, 2.05) is 6.92 Å². The molecule has 0 amide bonds. The zero-order valence-corrected chi connectivity index (χ0v) is 25.0. The third-order valence-electron chi connectivity index (χ3n) is 3.81. The van der Waals surface area contributed by atoms with Crippen LogP contribution in [0.4, 0.5) is 0 Å². The van der Waals surface area contributed by atoms with Crippen molar-refractivity contribution in [1.82, 2.24) is 0 Å². The molecule has 0 bridgehead atoms. The van der Waals surface area contributed by atoms with Crippen molar-refractivity contribution in [3.63, 3.8) is 0 Å². The van der Waals surface area contributed by atoms with Crippen molar-refractivity contribution in [2.45, 2.75) is 84.9 Å². The number of hydrogen-bond acceptors (Lipinski definition) is 4. The molecule has 0 atom stereocenters. The first-order valence-electron chi connectivity index (χ1n) is 10.9. The van der Waals surface area contributed by atoms with Crippen molar-refractivity contribution in [2.24, 2.45) is 0 Å². The van der Waals surface area contributed by atoms with Crippen molar-refractivity contribution >= 4 is 33.8 Å². The summed E-state index contributed by atoms with van der Waals surface area (Å²) in [6.45, 7) is 27.2. The largest absolute Gasteiger partial charge is 0.469 e. The Labute approximate surface area is 189 Å².